The van der Waals surface area contributed by atoms with E-state index < -0.39 is 0 Å². The molecule has 0 aromatic heterocycles. The first-order valence-electron chi connectivity index (χ1n) is 6.26. The molecule has 84 valence electrons. The van der Waals surface area contributed by atoms with E-state index in [4.69, 9.17) is 4.74 Å². The third-order valence-electron chi connectivity index (χ3n) is 3.64. The lowest BCUT2D eigenvalue weighted by Gasteiger charge is -2.36. The monoisotopic (exact) mass is 198 g/mol. The highest BCUT2D eigenvalue weighted by molar-refractivity contribution is 4.80. The topological polar surface area (TPSA) is 9.23 Å². The molecule has 0 spiro atoms. The van der Waals surface area contributed by atoms with Gasteiger partial charge in [0.2, 0.25) is 0 Å². The van der Waals surface area contributed by atoms with Crippen LogP contribution in [0.5, 0.6) is 0 Å². The van der Waals surface area contributed by atoms with Crippen LogP contribution in [0, 0.1) is 17.8 Å². The van der Waals surface area contributed by atoms with Crippen LogP contribution in [0.15, 0.2) is 0 Å². The van der Waals surface area contributed by atoms with Crippen molar-refractivity contribution < 1.29 is 4.74 Å². The molecule has 1 aliphatic rings. The molecular weight excluding hydrogens is 172 g/mol. The zero-order valence-corrected chi connectivity index (χ0v) is 10.3. The van der Waals surface area contributed by atoms with Crippen molar-refractivity contribution in [2.75, 3.05) is 6.61 Å². The molecule has 1 heteroatoms. The Balaban J connectivity index is 2.38. The van der Waals surface area contributed by atoms with Gasteiger partial charge in [0.25, 0.3) is 0 Å². The van der Waals surface area contributed by atoms with E-state index in [9.17, 15) is 0 Å². The van der Waals surface area contributed by atoms with E-state index in [2.05, 4.69) is 27.7 Å². The summed E-state index contributed by atoms with van der Waals surface area (Å²) in [4.78, 5) is 0. The largest absolute Gasteiger partial charge is 0.378 e. The van der Waals surface area contributed by atoms with Crippen molar-refractivity contribution in [1.29, 1.82) is 0 Å². The van der Waals surface area contributed by atoms with Crippen molar-refractivity contribution in [2.24, 2.45) is 17.8 Å². The maximum Gasteiger partial charge on any atom is 0.0603 e. The molecule has 14 heavy (non-hydrogen) atoms. The molecule has 3 unspecified atom stereocenters. The first kappa shape index (κ1) is 12.0. The Bertz CT molecular complexity index is 153. The molecular formula is C13H26O. The fourth-order valence-electron chi connectivity index (χ4n) is 2.42. The van der Waals surface area contributed by atoms with Crippen LogP contribution in [0.3, 0.4) is 0 Å². The van der Waals surface area contributed by atoms with Crippen LogP contribution in [0.1, 0.15) is 53.4 Å². The SMILES string of the molecule is CCCOC1CC(C(C)C)CCC1C. The van der Waals surface area contributed by atoms with Gasteiger partial charge < -0.3 is 4.74 Å². The predicted molar refractivity (Wildman–Crippen MR) is 61.4 cm³/mol. The Morgan fingerprint density at radius 3 is 2.57 bits per heavy atom. The summed E-state index contributed by atoms with van der Waals surface area (Å²) in [6.07, 6.45) is 5.74. The molecule has 3 atom stereocenters. The molecule has 0 radical (unpaired) electrons. The molecule has 1 saturated carbocycles. The van der Waals surface area contributed by atoms with Gasteiger partial charge in [0.1, 0.15) is 0 Å². The lowest BCUT2D eigenvalue weighted by atomic mass is 9.76. The zero-order chi connectivity index (χ0) is 10.6. The van der Waals surface area contributed by atoms with Crippen LogP contribution in [-0.2, 0) is 4.74 Å². The van der Waals surface area contributed by atoms with Gasteiger partial charge in [0.05, 0.1) is 6.10 Å². The highest BCUT2D eigenvalue weighted by Crippen LogP contribution is 2.34. The Morgan fingerprint density at radius 2 is 2.00 bits per heavy atom. The average Bonchev–Trinajstić information content (AvgIpc) is 2.16. The third kappa shape index (κ3) is 3.27. The Kier molecular flexibility index (Phi) is 4.94. The van der Waals surface area contributed by atoms with Crippen LogP contribution >= 0.6 is 0 Å². The maximum absolute atomic E-state index is 5.92. The van der Waals surface area contributed by atoms with E-state index >= 15 is 0 Å². The smallest absolute Gasteiger partial charge is 0.0603 e. The van der Waals surface area contributed by atoms with Gasteiger partial charge in [-0.1, -0.05) is 27.7 Å². The Labute approximate surface area is 89.2 Å². The van der Waals surface area contributed by atoms with Crippen molar-refractivity contribution in [1.82, 2.24) is 0 Å². The summed E-state index contributed by atoms with van der Waals surface area (Å²) in [6, 6.07) is 0. The quantitative estimate of drug-likeness (QED) is 0.666. The molecule has 0 heterocycles. The van der Waals surface area contributed by atoms with Crippen LogP contribution in [0.25, 0.3) is 0 Å². The molecule has 1 fully saturated rings. The van der Waals surface area contributed by atoms with E-state index in [1.807, 2.05) is 0 Å². The second-order valence-electron chi connectivity index (χ2n) is 5.20. The third-order valence-corrected chi connectivity index (χ3v) is 3.64. The van der Waals surface area contributed by atoms with Gasteiger partial charge in [0, 0.05) is 6.61 Å². The van der Waals surface area contributed by atoms with Crippen LogP contribution in [-0.4, -0.2) is 12.7 Å². The zero-order valence-electron chi connectivity index (χ0n) is 10.3. The number of rotatable bonds is 4. The molecule has 0 amide bonds. The average molecular weight is 198 g/mol. The normalized spacial score (nSPS) is 33.6. The summed E-state index contributed by atoms with van der Waals surface area (Å²) in [5.41, 5.74) is 0. The molecule has 1 rings (SSSR count). The van der Waals surface area contributed by atoms with E-state index in [1.54, 1.807) is 0 Å². The van der Waals surface area contributed by atoms with Crippen molar-refractivity contribution in [2.45, 2.75) is 59.5 Å². The van der Waals surface area contributed by atoms with Gasteiger partial charge in [-0.25, -0.2) is 0 Å². The predicted octanol–water partition coefficient (Wildman–Crippen LogP) is 3.87. The van der Waals surface area contributed by atoms with Gasteiger partial charge in [-0.3, -0.25) is 0 Å². The minimum absolute atomic E-state index is 0.538. The highest BCUT2D eigenvalue weighted by Gasteiger charge is 2.29. The molecule has 0 N–H and O–H groups in total. The molecule has 0 aliphatic heterocycles. The van der Waals surface area contributed by atoms with Crippen LogP contribution < -0.4 is 0 Å². The second kappa shape index (κ2) is 5.75. The van der Waals surface area contributed by atoms with E-state index in [1.165, 1.54) is 19.3 Å². The second-order valence-corrected chi connectivity index (χ2v) is 5.20. The van der Waals surface area contributed by atoms with E-state index in [0.717, 1.165) is 30.8 Å². The summed E-state index contributed by atoms with van der Waals surface area (Å²) in [5, 5.41) is 0. The summed E-state index contributed by atoms with van der Waals surface area (Å²) in [6.45, 7) is 10.2. The van der Waals surface area contributed by atoms with E-state index in [0.29, 0.717) is 6.10 Å². The first-order chi connectivity index (χ1) is 6.65. The van der Waals surface area contributed by atoms with Crippen LogP contribution in [0.2, 0.25) is 0 Å². The van der Waals surface area contributed by atoms with Gasteiger partial charge in [-0.05, 0) is 43.4 Å². The standard InChI is InChI=1S/C13H26O/c1-5-8-14-13-9-12(10(2)3)7-6-11(13)4/h10-13H,5-9H2,1-4H3. The van der Waals surface area contributed by atoms with Gasteiger partial charge in [-0.2, -0.15) is 0 Å². The molecule has 0 aromatic rings. The van der Waals surface area contributed by atoms with E-state index in [-0.39, 0.29) is 0 Å². The molecule has 0 aromatic carbocycles. The number of hydrogen-bond acceptors (Lipinski definition) is 1. The lowest BCUT2D eigenvalue weighted by Crippen LogP contribution is -2.32. The minimum atomic E-state index is 0.538. The van der Waals surface area contributed by atoms with Crippen molar-refractivity contribution in [3.8, 4) is 0 Å². The summed E-state index contributed by atoms with van der Waals surface area (Å²) in [5.74, 6) is 2.50. The van der Waals surface area contributed by atoms with Crippen molar-refractivity contribution in [3.05, 3.63) is 0 Å². The van der Waals surface area contributed by atoms with Crippen molar-refractivity contribution in [3.63, 3.8) is 0 Å². The van der Waals surface area contributed by atoms with Gasteiger partial charge in [0.15, 0.2) is 0 Å². The molecule has 0 saturated heterocycles. The summed E-state index contributed by atoms with van der Waals surface area (Å²) in [7, 11) is 0. The fourth-order valence-corrected chi connectivity index (χ4v) is 2.42. The molecule has 1 aliphatic carbocycles. The summed E-state index contributed by atoms with van der Waals surface area (Å²) < 4.78 is 5.92. The van der Waals surface area contributed by atoms with Gasteiger partial charge >= 0.3 is 0 Å². The number of hydrogen-bond donors (Lipinski definition) is 0. The molecule has 1 nitrogen and oxygen atoms in total. The fraction of sp³-hybridized carbons (Fsp3) is 1.00. The molecule has 0 bridgehead atoms. The minimum Gasteiger partial charge on any atom is -0.378 e. The Hall–Kier alpha value is -0.0400. The van der Waals surface area contributed by atoms with Crippen LogP contribution in [0.4, 0.5) is 0 Å². The van der Waals surface area contributed by atoms with Gasteiger partial charge in [-0.15, -0.1) is 0 Å². The maximum atomic E-state index is 5.92. The summed E-state index contributed by atoms with van der Waals surface area (Å²) >= 11 is 0. The lowest BCUT2D eigenvalue weighted by molar-refractivity contribution is -0.0266. The Morgan fingerprint density at radius 1 is 1.29 bits per heavy atom. The van der Waals surface area contributed by atoms with Crippen molar-refractivity contribution >= 4 is 0 Å². The highest BCUT2D eigenvalue weighted by atomic mass is 16.5. The number of ether oxygens (including phenoxy) is 1. The first-order valence-corrected chi connectivity index (χ1v) is 6.26.